The van der Waals surface area contributed by atoms with Gasteiger partial charge in [0.05, 0.1) is 11.0 Å². The fourth-order valence-corrected chi connectivity index (χ4v) is 7.06. The van der Waals surface area contributed by atoms with Gasteiger partial charge in [-0.15, -0.1) is 0 Å². The zero-order valence-corrected chi connectivity index (χ0v) is 24.7. The lowest BCUT2D eigenvalue weighted by molar-refractivity contribution is 1.18. The van der Waals surface area contributed by atoms with Crippen LogP contribution in [-0.2, 0) is 0 Å². The SMILES string of the molecule is c1ccc(-c2ccc(-c3ccc4c5c3ccc3c(-c6ccccc6)ccc(c35)n4-c3ccc(-c4ccccc4)cc3)cc2)cc1. The van der Waals surface area contributed by atoms with Gasteiger partial charge in [0.15, 0.2) is 0 Å². The third-order valence-electron chi connectivity index (χ3n) is 9.22. The molecule has 0 atom stereocenters. The highest BCUT2D eigenvalue weighted by molar-refractivity contribution is 6.28. The van der Waals surface area contributed by atoms with Gasteiger partial charge in [0.1, 0.15) is 0 Å². The summed E-state index contributed by atoms with van der Waals surface area (Å²) in [5.74, 6) is 0. The summed E-state index contributed by atoms with van der Waals surface area (Å²) in [6.45, 7) is 0. The van der Waals surface area contributed by atoms with Crippen molar-refractivity contribution in [3.05, 3.63) is 176 Å². The monoisotopic (exact) mass is 571 g/mol. The van der Waals surface area contributed by atoms with Crippen molar-refractivity contribution in [2.24, 2.45) is 0 Å². The lowest BCUT2D eigenvalue weighted by atomic mass is 9.91. The molecule has 0 saturated heterocycles. The Balaban J connectivity index is 1.27. The molecule has 0 amide bonds. The van der Waals surface area contributed by atoms with Crippen LogP contribution in [0.2, 0.25) is 0 Å². The van der Waals surface area contributed by atoms with Crippen molar-refractivity contribution in [1.29, 1.82) is 0 Å². The summed E-state index contributed by atoms with van der Waals surface area (Å²) in [7, 11) is 0. The first-order valence-electron chi connectivity index (χ1n) is 15.5. The topological polar surface area (TPSA) is 4.93 Å². The van der Waals surface area contributed by atoms with E-state index in [-0.39, 0.29) is 0 Å². The Morgan fingerprint density at radius 1 is 0.267 bits per heavy atom. The number of hydrogen-bond acceptors (Lipinski definition) is 0. The van der Waals surface area contributed by atoms with Gasteiger partial charge < -0.3 is 4.57 Å². The van der Waals surface area contributed by atoms with E-state index >= 15 is 0 Å². The molecule has 8 aromatic carbocycles. The van der Waals surface area contributed by atoms with Gasteiger partial charge in [-0.05, 0) is 79.5 Å². The molecule has 0 aliphatic heterocycles. The molecule has 9 aromatic rings. The number of benzene rings is 8. The molecule has 0 unspecified atom stereocenters. The largest absolute Gasteiger partial charge is 0.309 e. The fourth-order valence-electron chi connectivity index (χ4n) is 7.06. The molecule has 0 N–H and O–H groups in total. The Morgan fingerprint density at radius 3 is 1.09 bits per heavy atom. The second-order valence-electron chi connectivity index (χ2n) is 11.7. The molecule has 0 spiro atoms. The lowest BCUT2D eigenvalue weighted by Crippen LogP contribution is -1.94. The lowest BCUT2D eigenvalue weighted by Gasteiger charge is -2.12. The molecule has 45 heavy (non-hydrogen) atoms. The van der Waals surface area contributed by atoms with Gasteiger partial charge >= 0.3 is 0 Å². The van der Waals surface area contributed by atoms with Crippen LogP contribution < -0.4 is 0 Å². The van der Waals surface area contributed by atoms with Crippen LogP contribution in [0.15, 0.2) is 176 Å². The third-order valence-corrected chi connectivity index (χ3v) is 9.22. The molecule has 0 fully saturated rings. The van der Waals surface area contributed by atoms with E-state index in [0.717, 1.165) is 0 Å². The van der Waals surface area contributed by atoms with Crippen LogP contribution in [0.5, 0.6) is 0 Å². The predicted molar refractivity (Wildman–Crippen MR) is 191 cm³/mol. The molecule has 0 radical (unpaired) electrons. The normalized spacial score (nSPS) is 11.6. The molecule has 1 nitrogen and oxygen atoms in total. The van der Waals surface area contributed by atoms with E-state index in [1.54, 1.807) is 0 Å². The van der Waals surface area contributed by atoms with Crippen molar-refractivity contribution in [1.82, 2.24) is 4.57 Å². The molecule has 1 aromatic heterocycles. The van der Waals surface area contributed by atoms with Gasteiger partial charge in [-0.2, -0.15) is 0 Å². The van der Waals surface area contributed by atoms with Crippen molar-refractivity contribution in [3.63, 3.8) is 0 Å². The zero-order valence-electron chi connectivity index (χ0n) is 24.7. The van der Waals surface area contributed by atoms with Crippen LogP contribution in [0, 0.1) is 0 Å². The maximum Gasteiger partial charge on any atom is 0.0547 e. The van der Waals surface area contributed by atoms with E-state index in [4.69, 9.17) is 0 Å². The maximum atomic E-state index is 2.44. The third kappa shape index (κ3) is 4.17. The molecular formula is C44H29N. The number of nitrogens with zero attached hydrogens (tertiary/aromatic N) is 1. The summed E-state index contributed by atoms with van der Waals surface area (Å²) >= 11 is 0. The van der Waals surface area contributed by atoms with E-state index in [0.29, 0.717) is 0 Å². The van der Waals surface area contributed by atoms with Gasteiger partial charge in [-0.1, -0.05) is 152 Å². The van der Waals surface area contributed by atoms with E-state index < -0.39 is 0 Å². The van der Waals surface area contributed by atoms with E-state index in [1.165, 1.54) is 82.8 Å². The molecule has 1 heteroatoms. The highest BCUT2D eigenvalue weighted by atomic mass is 15.0. The first-order valence-corrected chi connectivity index (χ1v) is 15.5. The highest BCUT2D eigenvalue weighted by Gasteiger charge is 2.21. The Labute approximate surface area is 262 Å². The van der Waals surface area contributed by atoms with Gasteiger partial charge in [-0.3, -0.25) is 0 Å². The van der Waals surface area contributed by atoms with Gasteiger partial charge in [0.2, 0.25) is 0 Å². The van der Waals surface area contributed by atoms with E-state index in [1.807, 2.05) is 0 Å². The molecular weight excluding hydrogens is 542 g/mol. The Kier molecular flexibility index (Phi) is 5.89. The van der Waals surface area contributed by atoms with Crippen LogP contribution >= 0.6 is 0 Å². The quantitative estimate of drug-likeness (QED) is 0.181. The van der Waals surface area contributed by atoms with Crippen LogP contribution in [0.4, 0.5) is 0 Å². The van der Waals surface area contributed by atoms with Crippen LogP contribution in [0.25, 0.3) is 82.8 Å². The first-order chi connectivity index (χ1) is 22.3. The minimum atomic E-state index is 1.17. The highest BCUT2D eigenvalue weighted by Crippen LogP contribution is 2.45. The summed E-state index contributed by atoms with van der Waals surface area (Å²) in [4.78, 5) is 0. The average molecular weight is 572 g/mol. The maximum absolute atomic E-state index is 2.44. The minimum Gasteiger partial charge on any atom is -0.309 e. The van der Waals surface area contributed by atoms with Gasteiger partial charge in [-0.25, -0.2) is 0 Å². The second-order valence-corrected chi connectivity index (χ2v) is 11.7. The fraction of sp³-hybridized carbons (Fsp3) is 0. The standard InChI is InChI=1S/C44H29N/c1-4-10-30(11-5-1)32-16-18-35(19-17-32)38-27-29-42-44-40(38)25-24-39-37(34-14-8-3-9-15-34)26-28-41(43(39)44)45(42)36-22-20-33(21-23-36)31-12-6-2-7-13-31/h1-29H. The molecule has 0 aliphatic carbocycles. The molecule has 1 heterocycles. The predicted octanol–water partition coefficient (Wildman–Crippen LogP) is 12.0. The summed E-state index contributed by atoms with van der Waals surface area (Å²) in [6, 6.07) is 63.8. The van der Waals surface area contributed by atoms with Crippen molar-refractivity contribution in [2.45, 2.75) is 0 Å². The Morgan fingerprint density at radius 2 is 0.622 bits per heavy atom. The van der Waals surface area contributed by atoms with E-state index in [9.17, 15) is 0 Å². The van der Waals surface area contributed by atoms with E-state index in [2.05, 4.69) is 180 Å². The van der Waals surface area contributed by atoms with Crippen molar-refractivity contribution in [3.8, 4) is 50.2 Å². The molecule has 0 saturated carbocycles. The van der Waals surface area contributed by atoms with Crippen LogP contribution in [-0.4, -0.2) is 4.57 Å². The zero-order chi connectivity index (χ0) is 29.7. The molecule has 0 bridgehead atoms. The average Bonchev–Trinajstić information content (AvgIpc) is 3.47. The van der Waals surface area contributed by atoms with Gasteiger partial charge in [0.25, 0.3) is 0 Å². The van der Waals surface area contributed by atoms with Crippen LogP contribution in [0.1, 0.15) is 0 Å². The summed E-state index contributed by atoms with van der Waals surface area (Å²) < 4.78 is 2.44. The van der Waals surface area contributed by atoms with Crippen molar-refractivity contribution in [2.75, 3.05) is 0 Å². The minimum absolute atomic E-state index is 1.17. The van der Waals surface area contributed by atoms with Crippen LogP contribution in [0.3, 0.4) is 0 Å². The summed E-state index contributed by atoms with van der Waals surface area (Å²) in [6.07, 6.45) is 0. The Bertz CT molecular complexity index is 2420. The molecule has 9 rings (SSSR count). The molecule has 0 aliphatic rings. The second kappa shape index (κ2) is 10.4. The number of rotatable bonds is 5. The molecule has 210 valence electrons. The Hall–Kier alpha value is -5.92. The van der Waals surface area contributed by atoms with Crippen molar-refractivity contribution >= 4 is 32.6 Å². The summed E-state index contributed by atoms with van der Waals surface area (Å²) in [5.41, 5.74) is 13.5. The first kappa shape index (κ1) is 25.6. The number of hydrogen-bond donors (Lipinski definition) is 0. The number of aromatic nitrogens is 1. The van der Waals surface area contributed by atoms with Gasteiger partial charge in [0, 0.05) is 16.5 Å². The van der Waals surface area contributed by atoms with Crippen molar-refractivity contribution < 1.29 is 0 Å². The summed E-state index contributed by atoms with van der Waals surface area (Å²) in [5, 5.41) is 5.20. The smallest absolute Gasteiger partial charge is 0.0547 e.